The van der Waals surface area contributed by atoms with Gasteiger partial charge in [0, 0.05) is 23.5 Å². The third-order valence-corrected chi connectivity index (χ3v) is 4.32. The molecular weight excluding hydrogens is 325 g/mol. The maximum absolute atomic E-state index is 14.1. The molecule has 4 aromatic rings. The molecule has 0 saturated heterocycles. The number of halogens is 2. The first-order valence-electron chi connectivity index (χ1n) is 6.31. The molecule has 8 heteroatoms. The normalized spacial score (nSPS) is 11.2. The quantitative estimate of drug-likeness (QED) is 0.562. The number of hydrogen-bond acceptors (Lipinski definition) is 5. The van der Waals surface area contributed by atoms with Gasteiger partial charge in [0.1, 0.15) is 0 Å². The number of fused-ring (bicyclic) bond motifs is 1. The summed E-state index contributed by atoms with van der Waals surface area (Å²) in [6.07, 6.45) is 3.35. The first-order chi connectivity index (χ1) is 10.7. The lowest BCUT2D eigenvalue weighted by Gasteiger charge is -1.99. The molecule has 0 aliphatic heterocycles. The zero-order valence-corrected chi connectivity index (χ0v) is 12.5. The molecule has 5 nitrogen and oxygen atoms in total. The van der Waals surface area contributed by atoms with Crippen LogP contribution in [0.3, 0.4) is 0 Å². The van der Waals surface area contributed by atoms with E-state index < -0.39 is 5.82 Å². The smallest absolute Gasteiger partial charge is 0.235 e. The Kier molecular flexibility index (Phi) is 3.09. The standard InChI is InChI=1S/C14H7ClFN5S/c15-10-5-1-4-9(11(10)16)13-20-21-12(18-19-14(21)22-13)8-3-2-6-17-7-8/h1-7H. The summed E-state index contributed by atoms with van der Waals surface area (Å²) < 4.78 is 15.7. The Balaban J connectivity index is 1.89. The molecule has 0 radical (unpaired) electrons. The Morgan fingerprint density at radius 1 is 1.14 bits per heavy atom. The molecule has 22 heavy (non-hydrogen) atoms. The van der Waals surface area contributed by atoms with Gasteiger partial charge < -0.3 is 0 Å². The van der Waals surface area contributed by atoms with Crippen LogP contribution in [-0.4, -0.2) is 24.8 Å². The van der Waals surface area contributed by atoms with Crippen LogP contribution in [0.25, 0.3) is 26.9 Å². The van der Waals surface area contributed by atoms with E-state index in [1.807, 2.05) is 6.07 Å². The molecule has 0 spiro atoms. The summed E-state index contributed by atoms with van der Waals surface area (Å²) in [5, 5.41) is 13.1. The van der Waals surface area contributed by atoms with Crippen molar-refractivity contribution in [3.05, 3.63) is 53.6 Å². The van der Waals surface area contributed by atoms with E-state index in [-0.39, 0.29) is 5.02 Å². The van der Waals surface area contributed by atoms with Crippen LogP contribution >= 0.6 is 22.9 Å². The van der Waals surface area contributed by atoms with Gasteiger partial charge in [0.2, 0.25) is 4.96 Å². The topological polar surface area (TPSA) is 56.0 Å². The van der Waals surface area contributed by atoms with E-state index in [4.69, 9.17) is 11.6 Å². The number of benzene rings is 1. The van der Waals surface area contributed by atoms with Gasteiger partial charge in [-0.1, -0.05) is 29.0 Å². The maximum atomic E-state index is 14.1. The van der Waals surface area contributed by atoms with E-state index in [1.165, 1.54) is 17.4 Å². The Morgan fingerprint density at radius 3 is 2.86 bits per heavy atom. The van der Waals surface area contributed by atoms with Crippen molar-refractivity contribution < 1.29 is 4.39 Å². The van der Waals surface area contributed by atoms with Gasteiger partial charge >= 0.3 is 0 Å². The van der Waals surface area contributed by atoms with Crippen molar-refractivity contribution in [3.8, 4) is 22.0 Å². The SMILES string of the molecule is Fc1c(Cl)cccc1-c1nn2c(-c3cccnc3)nnc2s1. The van der Waals surface area contributed by atoms with Crippen molar-refractivity contribution in [1.29, 1.82) is 0 Å². The molecule has 0 saturated carbocycles. The molecule has 0 aliphatic carbocycles. The molecule has 0 amide bonds. The molecule has 0 bridgehead atoms. The minimum Gasteiger partial charge on any atom is -0.264 e. The van der Waals surface area contributed by atoms with Crippen LogP contribution in [0.1, 0.15) is 0 Å². The second-order valence-electron chi connectivity index (χ2n) is 4.47. The van der Waals surface area contributed by atoms with Gasteiger partial charge in [0.25, 0.3) is 0 Å². The van der Waals surface area contributed by atoms with E-state index in [0.717, 1.165) is 5.56 Å². The second kappa shape index (κ2) is 5.11. The Labute approximate surface area is 133 Å². The first-order valence-corrected chi connectivity index (χ1v) is 7.50. The lowest BCUT2D eigenvalue weighted by Crippen LogP contribution is -1.92. The summed E-state index contributed by atoms with van der Waals surface area (Å²) in [5.74, 6) is 0.0742. The molecule has 1 aromatic carbocycles. The average molecular weight is 332 g/mol. The summed E-state index contributed by atoms with van der Waals surface area (Å²) in [5.41, 5.74) is 1.14. The van der Waals surface area contributed by atoms with Gasteiger partial charge in [-0.3, -0.25) is 4.98 Å². The fraction of sp³-hybridized carbons (Fsp3) is 0. The zero-order valence-electron chi connectivity index (χ0n) is 10.9. The number of hydrogen-bond donors (Lipinski definition) is 0. The van der Waals surface area contributed by atoms with Crippen molar-refractivity contribution in [3.63, 3.8) is 0 Å². The predicted octanol–water partition coefficient (Wildman–Crippen LogP) is 3.71. The number of aromatic nitrogens is 5. The lowest BCUT2D eigenvalue weighted by atomic mass is 10.2. The molecule has 0 fully saturated rings. The highest BCUT2D eigenvalue weighted by molar-refractivity contribution is 7.19. The van der Waals surface area contributed by atoms with E-state index >= 15 is 0 Å². The summed E-state index contributed by atoms with van der Waals surface area (Å²) in [4.78, 5) is 4.63. The highest BCUT2D eigenvalue weighted by Crippen LogP contribution is 2.31. The molecule has 0 aliphatic rings. The van der Waals surface area contributed by atoms with Gasteiger partial charge in [0.05, 0.1) is 5.02 Å². The maximum Gasteiger partial charge on any atom is 0.235 e. The number of nitrogens with zero attached hydrogens (tertiary/aromatic N) is 5. The second-order valence-corrected chi connectivity index (χ2v) is 5.83. The Morgan fingerprint density at radius 2 is 2.05 bits per heavy atom. The van der Waals surface area contributed by atoms with Gasteiger partial charge in [-0.25, -0.2) is 4.39 Å². The lowest BCUT2D eigenvalue weighted by molar-refractivity contribution is 0.631. The van der Waals surface area contributed by atoms with Crippen LogP contribution in [0, 0.1) is 5.82 Å². The third-order valence-electron chi connectivity index (χ3n) is 3.09. The van der Waals surface area contributed by atoms with Crippen molar-refractivity contribution >= 4 is 27.9 Å². The first kappa shape index (κ1) is 13.3. The average Bonchev–Trinajstić information content (AvgIpc) is 3.11. The van der Waals surface area contributed by atoms with Crippen LogP contribution in [0.4, 0.5) is 4.39 Å². The Hall–Kier alpha value is -2.38. The molecule has 0 unspecified atom stereocenters. The summed E-state index contributed by atoms with van der Waals surface area (Å²) in [6.45, 7) is 0. The van der Waals surface area contributed by atoms with E-state index in [1.54, 1.807) is 35.1 Å². The molecule has 4 rings (SSSR count). The minimum absolute atomic E-state index is 0.0657. The van der Waals surface area contributed by atoms with E-state index in [9.17, 15) is 4.39 Å². The summed E-state index contributed by atoms with van der Waals surface area (Å²) in [6, 6.07) is 8.49. The zero-order chi connectivity index (χ0) is 15.1. The molecule has 108 valence electrons. The van der Waals surface area contributed by atoms with Gasteiger partial charge in [-0.15, -0.1) is 10.2 Å². The summed E-state index contributed by atoms with van der Waals surface area (Å²) in [7, 11) is 0. The molecular formula is C14H7ClFN5S. The van der Waals surface area contributed by atoms with Crippen molar-refractivity contribution in [2.24, 2.45) is 0 Å². The number of rotatable bonds is 2. The highest BCUT2D eigenvalue weighted by Gasteiger charge is 2.17. The monoisotopic (exact) mass is 331 g/mol. The van der Waals surface area contributed by atoms with Crippen LogP contribution in [0.15, 0.2) is 42.7 Å². The Bertz CT molecular complexity index is 966. The van der Waals surface area contributed by atoms with Crippen LogP contribution in [0.2, 0.25) is 5.02 Å². The molecule has 0 atom stereocenters. The van der Waals surface area contributed by atoms with Crippen molar-refractivity contribution in [1.82, 2.24) is 24.8 Å². The minimum atomic E-state index is -0.489. The van der Waals surface area contributed by atoms with Crippen LogP contribution in [0.5, 0.6) is 0 Å². The largest absolute Gasteiger partial charge is 0.264 e. The van der Waals surface area contributed by atoms with Gasteiger partial charge in [-0.05, 0) is 24.3 Å². The number of pyridine rings is 1. The third kappa shape index (κ3) is 2.06. The molecule has 0 N–H and O–H groups in total. The summed E-state index contributed by atoms with van der Waals surface area (Å²) >= 11 is 7.07. The van der Waals surface area contributed by atoms with E-state index in [0.29, 0.717) is 21.4 Å². The van der Waals surface area contributed by atoms with Gasteiger partial charge in [0.15, 0.2) is 16.6 Å². The van der Waals surface area contributed by atoms with Crippen LogP contribution < -0.4 is 0 Å². The van der Waals surface area contributed by atoms with Crippen molar-refractivity contribution in [2.75, 3.05) is 0 Å². The van der Waals surface area contributed by atoms with E-state index in [2.05, 4.69) is 20.3 Å². The fourth-order valence-corrected chi connectivity index (χ4v) is 3.10. The molecule has 3 aromatic heterocycles. The predicted molar refractivity (Wildman–Crippen MR) is 82.3 cm³/mol. The van der Waals surface area contributed by atoms with Crippen molar-refractivity contribution in [2.45, 2.75) is 0 Å². The molecule has 3 heterocycles. The van der Waals surface area contributed by atoms with Crippen LogP contribution in [-0.2, 0) is 0 Å². The van der Waals surface area contributed by atoms with Gasteiger partial charge in [-0.2, -0.15) is 9.61 Å². The fourth-order valence-electron chi connectivity index (χ4n) is 2.07. The highest BCUT2D eigenvalue weighted by atomic mass is 35.5.